The Morgan fingerprint density at radius 3 is 1.51 bits per heavy atom. The van der Waals surface area contributed by atoms with Gasteiger partial charge >= 0.3 is 6.09 Å². The maximum absolute atomic E-state index is 13.7. The average Bonchev–Trinajstić information content (AvgIpc) is 4.05. The lowest BCUT2D eigenvalue weighted by molar-refractivity contribution is 0.0207. The average molecular weight is 1020 g/mol. The number of carbonyl (C=O) groups excluding carboxylic acids is 3. The van der Waals surface area contributed by atoms with Gasteiger partial charge in [0.2, 0.25) is 0 Å². The Kier molecular flexibility index (Phi) is 18.8. The number of nitrogens with two attached hydrogens (primary N) is 1. The third-order valence-corrected chi connectivity index (χ3v) is 12.8. The van der Waals surface area contributed by atoms with Gasteiger partial charge in [-0.15, -0.1) is 12.4 Å². The van der Waals surface area contributed by atoms with Crippen LogP contribution in [0, 0.1) is 37.3 Å². The zero-order valence-corrected chi connectivity index (χ0v) is 42.6. The molecule has 2 aromatic heterocycles. The van der Waals surface area contributed by atoms with E-state index < -0.39 is 17.2 Å². The number of aromatic nitrogens is 4. The molecule has 18 nitrogen and oxygen atoms in total. The number of aryl methyl sites for hydroxylation is 2. The van der Waals surface area contributed by atoms with Gasteiger partial charge in [0.15, 0.2) is 23.1 Å². The number of halogens is 3. The number of alkyl carbamates (subject to hydrolysis) is 1. The molecule has 0 radical (unpaired) electrons. The molecule has 3 amide bonds. The molecular weight excluding hydrogens is 954 g/mol. The van der Waals surface area contributed by atoms with Gasteiger partial charge in [-0.05, 0) is 145 Å². The maximum atomic E-state index is 13.7. The van der Waals surface area contributed by atoms with Crippen molar-refractivity contribution in [2.24, 2.45) is 27.9 Å². The number of hydrogen-bond donors (Lipinski definition) is 4. The highest BCUT2D eigenvalue weighted by atomic mass is 35.5. The van der Waals surface area contributed by atoms with Gasteiger partial charge in [0.1, 0.15) is 52.3 Å². The number of carbonyl (C=O) groups is 3. The number of benzene rings is 2. The Balaban J connectivity index is 0.000000236. The first-order valence-corrected chi connectivity index (χ1v) is 24.1. The molecule has 5 N–H and O–H groups in total. The normalized spacial score (nSPS) is 21.5. The summed E-state index contributed by atoms with van der Waals surface area (Å²) < 4.78 is 42.6. The fraction of sp³-hybridized carbons (Fsp3) is 0.510. The fourth-order valence-corrected chi connectivity index (χ4v) is 9.07. The molecule has 2 aromatic carbocycles. The third kappa shape index (κ3) is 15.0. The van der Waals surface area contributed by atoms with E-state index in [9.17, 15) is 23.2 Å². The topological polar surface area (TPSA) is 236 Å². The largest absolute Gasteiger partial charge is 0.494 e. The summed E-state index contributed by atoms with van der Waals surface area (Å²) in [6, 6.07) is 12.5. The minimum Gasteiger partial charge on any atom is -0.494 e. The van der Waals surface area contributed by atoms with Crippen molar-refractivity contribution in [3.63, 3.8) is 0 Å². The van der Waals surface area contributed by atoms with E-state index in [0.29, 0.717) is 64.6 Å². The molecular formula is C51H65ClF2N10O8. The van der Waals surface area contributed by atoms with Crippen molar-refractivity contribution in [2.45, 2.75) is 142 Å². The lowest BCUT2D eigenvalue weighted by Gasteiger charge is -2.31. The van der Waals surface area contributed by atoms with Gasteiger partial charge in [-0.2, -0.15) is 0 Å². The SMILES string of the molecule is COc1cc(CNC(=O)c2cc(C3=NOC(C4CCC(N)CC4)C3)nc(C)n2)ccc1F.COc1cc(CNC(=O)c2cc(C3=NOC(C4CCC(NC(=O)OC(C)(C)C)CC4)C3)nc(C)n2)ccc1F.Cl. The van der Waals surface area contributed by atoms with Gasteiger partial charge in [-0.3, -0.25) is 9.59 Å². The van der Waals surface area contributed by atoms with Crippen LogP contribution in [0.25, 0.3) is 0 Å². The van der Waals surface area contributed by atoms with Gasteiger partial charge in [0, 0.05) is 38.0 Å². The lowest BCUT2D eigenvalue weighted by Crippen LogP contribution is -2.42. The summed E-state index contributed by atoms with van der Waals surface area (Å²) in [5.74, 6) is 0.269. The number of rotatable bonds is 13. The second-order valence-corrected chi connectivity index (χ2v) is 19.4. The molecule has 4 aliphatic rings. The van der Waals surface area contributed by atoms with Crippen LogP contribution in [0.2, 0.25) is 0 Å². The summed E-state index contributed by atoms with van der Waals surface area (Å²) >= 11 is 0. The third-order valence-electron chi connectivity index (χ3n) is 12.8. The van der Waals surface area contributed by atoms with Gasteiger partial charge in [-0.25, -0.2) is 33.5 Å². The van der Waals surface area contributed by atoms with Crippen molar-refractivity contribution in [3.8, 4) is 11.5 Å². The molecule has 8 rings (SSSR count). The maximum Gasteiger partial charge on any atom is 0.407 e. The van der Waals surface area contributed by atoms with Gasteiger partial charge < -0.3 is 45.6 Å². The minimum absolute atomic E-state index is 0. The standard InChI is InChI=1S/C28H36FN5O5.C23H28FN5O3.ClH/c1-16-31-21(13-23(32-16)26(35)30-15-17-6-11-20(29)25(12-17)37-5)22-14-24(39-34-22)18-7-9-19(10-8-18)33-27(36)38-28(2,3)4;1-13-27-18(19-11-21(32-29-19)15-4-6-16(25)7-5-15)10-20(28-13)23(30)26-12-14-3-8-17(24)22(9-14)31-2;/h6,11-13,18-19,24H,7-10,14-15H2,1-5H3,(H,30,35)(H,33,36);3,8-10,15-16,21H,4-7,11-12,25H2,1-2H3,(H,26,30);1H. The van der Waals surface area contributed by atoms with Crippen LogP contribution in [0.15, 0.2) is 58.8 Å². The number of amides is 3. The Labute approximate surface area is 424 Å². The van der Waals surface area contributed by atoms with Crippen molar-refractivity contribution in [2.75, 3.05) is 14.2 Å². The summed E-state index contributed by atoms with van der Waals surface area (Å²) in [5.41, 5.74) is 9.92. The van der Waals surface area contributed by atoms with Gasteiger partial charge in [0.25, 0.3) is 11.8 Å². The molecule has 2 aliphatic carbocycles. The number of ether oxygens (including phenoxy) is 3. The molecule has 2 atom stereocenters. The number of hydrogen-bond acceptors (Lipinski definition) is 15. The molecule has 0 bridgehead atoms. The van der Waals surface area contributed by atoms with E-state index in [0.717, 1.165) is 57.1 Å². The molecule has 0 spiro atoms. The van der Waals surface area contributed by atoms with E-state index >= 15 is 0 Å². The van der Waals surface area contributed by atoms with Crippen LogP contribution >= 0.6 is 12.4 Å². The summed E-state index contributed by atoms with van der Waals surface area (Å²) in [4.78, 5) is 66.6. The summed E-state index contributed by atoms with van der Waals surface area (Å²) in [7, 11) is 2.79. The van der Waals surface area contributed by atoms with E-state index in [4.69, 9.17) is 29.6 Å². The van der Waals surface area contributed by atoms with Gasteiger partial charge in [-0.1, -0.05) is 22.4 Å². The van der Waals surface area contributed by atoms with Crippen molar-refractivity contribution in [3.05, 3.63) is 106 Å². The quantitative estimate of drug-likeness (QED) is 0.100. The molecule has 2 saturated carbocycles. The van der Waals surface area contributed by atoms with Crippen molar-refractivity contribution >= 4 is 41.7 Å². The molecule has 4 heterocycles. The predicted molar refractivity (Wildman–Crippen MR) is 266 cm³/mol. The van der Waals surface area contributed by atoms with E-state index in [1.807, 2.05) is 20.8 Å². The highest BCUT2D eigenvalue weighted by molar-refractivity contribution is 6.02. The first kappa shape index (κ1) is 54.8. The molecule has 4 aromatic rings. The summed E-state index contributed by atoms with van der Waals surface area (Å²) in [6.07, 6.45) is 8.40. The predicted octanol–water partition coefficient (Wildman–Crippen LogP) is 7.73. The molecule has 72 heavy (non-hydrogen) atoms. The number of nitrogens with one attached hydrogen (secondary N) is 3. The highest BCUT2D eigenvalue weighted by Gasteiger charge is 2.36. The lowest BCUT2D eigenvalue weighted by atomic mass is 9.81. The molecule has 2 fully saturated rings. The van der Waals surface area contributed by atoms with Crippen LogP contribution in [0.1, 0.15) is 140 Å². The molecule has 388 valence electrons. The van der Waals surface area contributed by atoms with Crippen LogP contribution in [0.5, 0.6) is 11.5 Å². The number of oxime groups is 2. The first-order chi connectivity index (χ1) is 33.9. The van der Waals surface area contributed by atoms with Crippen molar-refractivity contribution in [1.29, 1.82) is 0 Å². The zero-order valence-electron chi connectivity index (χ0n) is 41.8. The van der Waals surface area contributed by atoms with E-state index in [1.54, 1.807) is 44.2 Å². The Hall–Kier alpha value is -6.54. The second kappa shape index (κ2) is 24.7. The van der Waals surface area contributed by atoms with E-state index in [1.165, 1.54) is 32.4 Å². The summed E-state index contributed by atoms with van der Waals surface area (Å²) in [6.45, 7) is 9.39. The number of methoxy groups -OCH3 is 2. The van der Waals surface area contributed by atoms with Crippen LogP contribution < -0.4 is 31.2 Å². The fourth-order valence-electron chi connectivity index (χ4n) is 9.07. The van der Waals surface area contributed by atoms with E-state index in [2.05, 4.69) is 46.2 Å². The van der Waals surface area contributed by atoms with Crippen molar-refractivity contribution in [1.82, 2.24) is 35.9 Å². The van der Waals surface area contributed by atoms with Crippen LogP contribution in [-0.4, -0.2) is 93.4 Å². The minimum atomic E-state index is -0.524. The Morgan fingerprint density at radius 2 is 1.10 bits per heavy atom. The van der Waals surface area contributed by atoms with Crippen LogP contribution in [0.4, 0.5) is 13.6 Å². The van der Waals surface area contributed by atoms with Gasteiger partial charge in [0.05, 0.1) is 25.6 Å². The van der Waals surface area contributed by atoms with Crippen LogP contribution in [0.3, 0.4) is 0 Å². The highest BCUT2D eigenvalue weighted by Crippen LogP contribution is 2.34. The first-order valence-electron chi connectivity index (χ1n) is 24.1. The molecule has 2 aliphatic heterocycles. The monoisotopic (exact) mass is 1020 g/mol. The Morgan fingerprint density at radius 1 is 0.667 bits per heavy atom. The summed E-state index contributed by atoms with van der Waals surface area (Å²) in [5, 5.41) is 17.1. The second-order valence-electron chi connectivity index (χ2n) is 19.4. The smallest absolute Gasteiger partial charge is 0.407 e. The Bertz CT molecular complexity index is 2620. The van der Waals surface area contributed by atoms with E-state index in [-0.39, 0.29) is 90.6 Å². The molecule has 2 unspecified atom stereocenters. The number of nitrogens with zero attached hydrogens (tertiary/aromatic N) is 6. The molecule has 0 saturated heterocycles. The van der Waals surface area contributed by atoms with Crippen molar-refractivity contribution < 1.29 is 47.1 Å². The van der Waals surface area contributed by atoms with Crippen LogP contribution in [-0.2, 0) is 27.5 Å². The zero-order chi connectivity index (χ0) is 50.8. The molecule has 21 heteroatoms.